The van der Waals surface area contributed by atoms with Crippen molar-refractivity contribution in [3.05, 3.63) is 0 Å². The van der Waals surface area contributed by atoms with E-state index in [0.29, 0.717) is 11.3 Å². The Labute approximate surface area is 635 Å². The molecule has 26 N–H and O–H groups in total. The summed E-state index contributed by atoms with van der Waals surface area (Å²) in [6.07, 6.45) is -14.3. The summed E-state index contributed by atoms with van der Waals surface area (Å²) in [4.78, 5) is 228. The fraction of sp³-hybridized carbons (Fsp3) is 0.768. The molecule has 40 nitrogen and oxygen atoms in total. The summed E-state index contributed by atoms with van der Waals surface area (Å²) in [7, 11) is 2.99. The molecular weight excluding hydrogens is 1430 g/mol. The van der Waals surface area contributed by atoms with Crippen molar-refractivity contribution in [2.75, 3.05) is 34.3 Å². The molecule has 0 aromatic rings. The summed E-state index contributed by atoms with van der Waals surface area (Å²) in [5.74, 6) is -25.4. The second-order valence-electron chi connectivity index (χ2n) is 29.8. The summed E-state index contributed by atoms with van der Waals surface area (Å²) in [5, 5.41) is 78.1. The van der Waals surface area contributed by atoms with Crippen LogP contribution in [0.1, 0.15) is 155 Å². The zero-order valence-corrected chi connectivity index (χ0v) is 65.6. The van der Waals surface area contributed by atoms with Crippen LogP contribution in [0.4, 0.5) is 0 Å². The van der Waals surface area contributed by atoms with E-state index in [9.17, 15) is 92.7 Å². The molecule has 0 bridgehead atoms. The number of rotatable bonds is 36. The van der Waals surface area contributed by atoms with Crippen LogP contribution in [0.2, 0.25) is 0 Å². The van der Waals surface area contributed by atoms with Gasteiger partial charge in [-0.3, -0.25) is 71.9 Å². The van der Waals surface area contributed by atoms with Gasteiger partial charge in [-0.2, -0.15) is 0 Å². The number of nitrogens with zero attached hydrogens (tertiary/aromatic N) is 2. The predicted molar refractivity (Wildman–Crippen MR) is 390 cm³/mol. The van der Waals surface area contributed by atoms with Crippen molar-refractivity contribution in [1.82, 2.24) is 57.7 Å². The van der Waals surface area contributed by atoms with Crippen LogP contribution in [-0.2, 0) is 86.2 Å². The van der Waals surface area contributed by atoms with Gasteiger partial charge in [0.05, 0.1) is 36.2 Å². The van der Waals surface area contributed by atoms with Crippen LogP contribution in [0.15, 0.2) is 0 Å². The molecule has 109 heavy (non-hydrogen) atoms. The summed E-state index contributed by atoms with van der Waals surface area (Å²) in [6, 6.07) is -21.6. The lowest BCUT2D eigenvalue weighted by Gasteiger charge is -2.37. The first-order valence-corrected chi connectivity index (χ1v) is 36.4. The zero-order chi connectivity index (χ0) is 84.3. The molecule has 622 valence electrons. The van der Waals surface area contributed by atoms with Crippen LogP contribution in [-0.4, -0.2) is 273 Å². The van der Waals surface area contributed by atoms with Gasteiger partial charge in [-0.1, -0.05) is 75.7 Å². The quantitative estimate of drug-likeness (QED) is 0.0259. The van der Waals surface area contributed by atoms with Gasteiger partial charge in [0.15, 0.2) is 12.2 Å². The number of carbonyl (C=O) groups excluding carboxylic acids is 16. The van der Waals surface area contributed by atoms with Gasteiger partial charge in [0.1, 0.15) is 72.6 Å². The summed E-state index contributed by atoms with van der Waals surface area (Å²) >= 11 is 0. The Morgan fingerprint density at radius 1 is 0.606 bits per heavy atom. The molecule has 1 heterocycles. The topological polar surface area (TPSA) is 664 Å². The Kier molecular flexibility index (Phi) is 40.9. The highest BCUT2D eigenvalue weighted by molar-refractivity contribution is 6.01. The van der Waals surface area contributed by atoms with Crippen molar-refractivity contribution in [2.45, 2.75) is 263 Å². The molecule has 1 saturated heterocycles. The third-order valence-corrected chi connectivity index (χ3v) is 19.3. The standard InChI is InChI=1S/C69H123N17O23/c1-18-31(6)26-32(7)50(90)35(10)57(95)79-41(28-71)59(97)84-54(69(13,14)107)51(91)52(92)65(103)80-46(33(8)34(9)55(74)93)61(99)82-48-37(12)109-68(106)43(25-30(4)5)86(16)67(105)40(27-45(73)89)78-64(102)49(53(108-17)56(75)94)83-60(98)42(21-22-44(72)88)85(15)66(104)39(24-29(2)3)77-58(96)38(20-19-23-70)76-62(100)47(36(11)87)81-63(48)101/h29-43,46-54,87,90-92,107H,18-28,70-71H2,1-17H3,(H2,72,88)(H2,73,89)(H2,74,93)(H2,75,94)(H,76,100)(H,77,96)(H,78,102)(H,79,95)(H,80,103)(H,81,101)(H,82,99)(H,83,98)(H,84,97)/t31?,32?,33-,34?,35+,36+,37+,38+,39-,40+,41+,42-,43-,46-,47+,48+,49?,50+,51+,52-,53?,54-/m0/s1. The van der Waals surface area contributed by atoms with Gasteiger partial charge in [0, 0.05) is 40.1 Å². The van der Waals surface area contributed by atoms with Gasteiger partial charge >= 0.3 is 5.97 Å². The predicted octanol–water partition coefficient (Wildman–Crippen LogP) is -7.92. The van der Waals surface area contributed by atoms with Crippen LogP contribution in [0.5, 0.6) is 0 Å². The number of hydrogen-bond donors (Lipinski definition) is 20. The fourth-order valence-corrected chi connectivity index (χ4v) is 12.1. The van der Waals surface area contributed by atoms with E-state index in [1.807, 2.05) is 13.8 Å². The molecule has 15 amide bonds. The molecule has 40 heteroatoms. The Hall–Kier alpha value is -8.80. The molecule has 5 unspecified atom stereocenters. The third kappa shape index (κ3) is 30.2. The van der Waals surface area contributed by atoms with Crippen molar-refractivity contribution in [3.63, 3.8) is 0 Å². The number of esters is 1. The van der Waals surface area contributed by atoms with E-state index >= 15 is 9.59 Å². The van der Waals surface area contributed by atoms with Crippen LogP contribution in [0.25, 0.3) is 0 Å². The van der Waals surface area contributed by atoms with Crippen molar-refractivity contribution in [2.24, 2.45) is 75.8 Å². The van der Waals surface area contributed by atoms with E-state index in [1.165, 1.54) is 20.8 Å². The first kappa shape index (κ1) is 98.2. The van der Waals surface area contributed by atoms with E-state index in [2.05, 4.69) is 47.9 Å². The summed E-state index contributed by atoms with van der Waals surface area (Å²) in [6.45, 7) is 19.4. The average Bonchev–Trinajstić information content (AvgIpc) is 1.04. The van der Waals surface area contributed by atoms with Crippen molar-refractivity contribution in [1.29, 1.82) is 0 Å². The molecule has 0 radical (unpaired) electrons. The van der Waals surface area contributed by atoms with E-state index in [4.69, 9.17) is 43.9 Å². The SMILES string of the molecule is CCC(C)CC(C)[C@@H](O)[C@@H](C)C(=O)N[C@H](CN)C(=O)N[C@@H]([C@H](O)[C@H](O)C(=O)N[C@H](C(=O)N[C@H]1C(=O)N[C@H]([C@@H](C)O)C(=O)N[C@H](CCCN)C(=O)N[C@@H](CC(C)C)C(=O)N(C)[C@@H](CCC(N)=O)C(=O)NC(C(OC)C(N)=O)C(=O)N[C@H](CC(N)=O)C(=O)N(C)[C@@H](CC(C)C)C(=O)O[C@@H]1C)[C@@H](C)C(C)C(N)=O)C(C)(C)O. The van der Waals surface area contributed by atoms with E-state index in [-0.39, 0.29) is 44.1 Å². The van der Waals surface area contributed by atoms with Crippen LogP contribution < -0.4 is 82.3 Å². The number of ether oxygens (including phenoxy) is 2. The normalized spacial score (nSPS) is 24.4. The number of aliphatic hydroxyl groups is 5. The number of primary amides is 4. The molecule has 0 aliphatic carbocycles. The lowest BCUT2D eigenvalue weighted by Crippen LogP contribution is -2.66. The van der Waals surface area contributed by atoms with Crippen LogP contribution in [0, 0.1) is 41.4 Å². The molecule has 1 aliphatic heterocycles. The number of carbonyl (C=O) groups is 16. The molecular formula is C69H123N17O23. The minimum Gasteiger partial charge on any atom is -0.458 e. The summed E-state index contributed by atoms with van der Waals surface area (Å²) < 4.78 is 11.1. The second kappa shape index (κ2) is 45.4. The van der Waals surface area contributed by atoms with E-state index < -0.39 is 259 Å². The highest BCUT2D eigenvalue weighted by Gasteiger charge is 2.47. The molecule has 0 saturated carbocycles. The van der Waals surface area contributed by atoms with Crippen molar-refractivity contribution in [3.8, 4) is 0 Å². The first-order chi connectivity index (χ1) is 50.4. The molecule has 22 atom stereocenters. The number of nitrogens with one attached hydrogen (secondary N) is 9. The van der Waals surface area contributed by atoms with Gasteiger partial charge in [-0.15, -0.1) is 0 Å². The molecule has 0 spiro atoms. The van der Waals surface area contributed by atoms with Crippen molar-refractivity contribution >= 4 is 94.6 Å². The van der Waals surface area contributed by atoms with Gasteiger partial charge < -0.3 is 127 Å². The second-order valence-corrected chi connectivity index (χ2v) is 29.8. The molecule has 0 aromatic carbocycles. The molecule has 1 fully saturated rings. The number of hydrogen-bond acceptors (Lipinski definition) is 25. The van der Waals surface area contributed by atoms with E-state index in [1.54, 1.807) is 34.6 Å². The minimum absolute atomic E-state index is 0.0123. The van der Waals surface area contributed by atoms with Gasteiger partial charge in [-0.25, -0.2) is 4.79 Å². The van der Waals surface area contributed by atoms with Gasteiger partial charge in [0.2, 0.25) is 82.7 Å². The Morgan fingerprint density at radius 2 is 1.14 bits per heavy atom. The lowest BCUT2D eigenvalue weighted by molar-refractivity contribution is -0.162. The lowest BCUT2D eigenvalue weighted by atomic mass is 9.85. The number of methoxy groups -OCH3 is 1. The van der Waals surface area contributed by atoms with Crippen LogP contribution in [0.3, 0.4) is 0 Å². The number of nitrogens with two attached hydrogens (primary N) is 6. The Balaban J connectivity index is 4.50. The third-order valence-electron chi connectivity index (χ3n) is 19.3. The highest BCUT2D eigenvalue weighted by atomic mass is 16.5. The number of aliphatic hydroxyl groups excluding tert-OH is 4. The zero-order valence-electron chi connectivity index (χ0n) is 65.6. The fourth-order valence-electron chi connectivity index (χ4n) is 12.1. The maximum absolute atomic E-state index is 15.2. The highest BCUT2D eigenvalue weighted by Crippen LogP contribution is 2.25. The maximum Gasteiger partial charge on any atom is 0.329 e. The Morgan fingerprint density at radius 3 is 1.62 bits per heavy atom. The van der Waals surface area contributed by atoms with Crippen LogP contribution >= 0.6 is 0 Å². The largest absolute Gasteiger partial charge is 0.458 e. The maximum atomic E-state index is 15.2. The number of likely N-dealkylation sites (N-methyl/N-ethyl adjacent to an activating group) is 2. The monoisotopic (exact) mass is 1560 g/mol. The molecule has 1 aliphatic rings. The molecule has 0 aromatic heterocycles. The Bertz CT molecular complexity index is 3160. The molecule has 1 rings (SSSR count). The average molecular weight is 1560 g/mol. The van der Waals surface area contributed by atoms with E-state index in [0.717, 1.165) is 60.2 Å². The number of cyclic esters (lactones) is 1. The summed E-state index contributed by atoms with van der Waals surface area (Å²) in [5.41, 5.74) is 32.0. The first-order valence-electron chi connectivity index (χ1n) is 36.4. The minimum atomic E-state index is -2.75. The number of amides is 15. The van der Waals surface area contributed by atoms with Crippen molar-refractivity contribution < 1.29 is 112 Å². The smallest absolute Gasteiger partial charge is 0.329 e. The van der Waals surface area contributed by atoms with Gasteiger partial charge in [0.25, 0.3) is 5.91 Å². The van der Waals surface area contributed by atoms with Gasteiger partial charge in [-0.05, 0) is 102 Å².